The lowest BCUT2D eigenvalue weighted by Crippen LogP contribution is -2.38. The standard InChI is InChI=1S/C16H17N3O3/c1-19-7-6-17-15(19)9-18-13(16(20)21)8-11-10-22-14-5-3-2-4-12(11)14/h2-7,10,13,18H,8-9H2,1H3,(H,20,21). The lowest BCUT2D eigenvalue weighted by Gasteiger charge is -2.13. The first-order valence-corrected chi connectivity index (χ1v) is 7.02. The summed E-state index contributed by atoms with van der Waals surface area (Å²) in [6.45, 7) is 0.399. The monoisotopic (exact) mass is 299 g/mol. The average molecular weight is 299 g/mol. The number of aromatic nitrogens is 2. The molecule has 1 unspecified atom stereocenters. The topological polar surface area (TPSA) is 80.3 Å². The summed E-state index contributed by atoms with van der Waals surface area (Å²) in [5, 5.41) is 13.4. The zero-order chi connectivity index (χ0) is 15.5. The lowest BCUT2D eigenvalue weighted by molar-refractivity contribution is -0.139. The normalized spacial score (nSPS) is 12.6. The number of nitrogens with zero attached hydrogens (tertiary/aromatic N) is 2. The van der Waals surface area contributed by atoms with Crippen molar-refractivity contribution in [3.05, 3.63) is 54.3 Å². The molecule has 0 amide bonds. The van der Waals surface area contributed by atoms with Gasteiger partial charge in [0, 0.05) is 36.8 Å². The summed E-state index contributed by atoms with van der Waals surface area (Å²) < 4.78 is 7.32. The first-order chi connectivity index (χ1) is 10.6. The van der Waals surface area contributed by atoms with E-state index < -0.39 is 12.0 Å². The first kappa shape index (κ1) is 14.3. The van der Waals surface area contributed by atoms with Crippen LogP contribution in [0.1, 0.15) is 11.4 Å². The van der Waals surface area contributed by atoms with Crippen LogP contribution in [0, 0.1) is 0 Å². The quantitative estimate of drug-likeness (QED) is 0.727. The predicted molar refractivity (Wildman–Crippen MR) is 81.4 cm³/mol. The lowest BCUT2D eigenvalue weighted by atomic mass is 10.1. The number of benzene rings is 1. The Labute approximate surface area is 127 Å². The molecule has 1 atom stereocenters. The molecule has 3 rings (SSSR count). The number of carboxylic acid groups (broad SMARTS) is 1. The van der Waals surface area contributed by atoms with Gasteiger partial charge in [-0.15, -0.1) is 0 Å². The van der Waals surface area contributed by atoms with Crippen LogP contribution >= 0.6 is 0 Å². The zero-order valence-corrected chi connectivity index (χ0v) is 12.2. The number of carboxylic acids is 1. The van der Waals surface area contributed by atoms with Crippen molar-refractivity contribution in [2.24, 2.45) is 7.05 Å². The maximum Gasteiger partial charge on any atom is 0.321 e. The predicted octanol–water partition coefficient (Wildman–Crippen LogP) is 1.95. The molecule has 0 bridgehead atoms. The largest absolute Gasteiger partial charge is 0.480 e. The Morgan fingerprint density at radius 3 is 3.00 bits per heavy atom. The molecule has 0 saturated carbocycles. The molecule has 0 aliphatic heterocycles. The maximum atomic E-state index is 11.5. The van der Waals surface area contributed by atoms with Crippen molar-refractivity contribution in [1.29, 1.82) is 0 Å². The Morgan fingerprint density at radius 1 is 1.45 bits per heavy atom. The molecule has 0 spiro atoms. The fourth-order valence-electron chi connectivity index (χ4n) is 2.44. The number of hydrogen-bond donors (Lipinski definition) is 2. The number of furan rings is 1. The van der Waals surface area contributed by atoms with Crippen molar-refractivity contribution in [2.45, 2.75) is 19.0 Å². The van der Waals surface area contributed by atoms with Crippen molar-refractivity contribution in [2.75, 3.05) is 0 Å². The molecular weight excluding hydrogens is 282 g/mol. The van der Waals surface area contributed by atoms with Crippen LogP contribution in [0.25, 0.3) is 11.0 Å². The summed E-state index contributed by atoms with van der Waals surface area (Å²) in [4.78, 5) is 15.7. The van der Waals surface area contributed by atoms with Crippen LogP contribution in [0.5, 0.6) is 0 Å². The minimum atomic E-state index is -0.889. The summed E-state index contributed by atoms with van der Waals surface area (Å²) in [5.41, 5.74) is 1.65. The molecule has 0 aliphatic rings. The van der Waals surface area contributed by atoms with Gasteiger partial charge in [-0.25, -0.2) is 4.98 Å². The molecule has 2 aromatic heterocycles. The van der Waals surface area contributed by atoms with Crippen molar-refractivity contribution < 1.29 is 14.3 Å². The van der Waals surface area contributed by atoms with Crippen LogP contribution < -0.4 is 5.32 Å². The third kappa shape index (κ3) is 2.87. The number of para-hydroxylation sites is 1. The number of hydrogen-bond acceptors (Lipinski definition) is 4. The number of aryl methyl sites for hydroxylation is 1. The van der Waals surface area contributed by atoms with Crippen molar-refractivity contribution in [3.63, 3.8) is 0 Å². The average Bonchev–Trinajstić information content (AvgIpc) is 3.10. The van der Waals surface area contributed by atoms with Gasteiger partial charge >= 0.3 is 5.97 Å². The Morgan fingerprint density at radius 2 is 2.27 bits per heavy atom. The molecule has 2 heterocycles. The number of aliphatic carboxylic acids is 1. The highest BCUT2D eigenvalue weighted by molar-refractivity contribution is 5.82. The minimum Gasteiger partial charge on any atom is -0.480 e. The van der Waals surface area contributed by atoms with E-state index in [4.69, 9.17) is 4.42 Å². The van der Waals surface area contributed by atoms with Gasteiger partial charge in [0.25, 0.3) is 0 Å². The van der Waals surface area contributed by atoms with E-state index in [-0.39, 0.29) is 0 Å². The minimum absolute atomic E-state index is 0.358. The van der Waals surface area contributed by atoms with Gasteiger partial charge in [0.05, 0.1) is 12.8 Å². The number of nitrogens with one attached hydrogen (secondary N) is 1. The van der Waals surface area contributed by atoms with Crippen LogP contribution in [-0.2, 0) is 24.8 Å². The van der Waals surface area contributed by atoms with E-state index in [1.165, 1.54) is 0 Å². The molecule has 1 aromatic carbocycles. The second kappa shape index (κ2) is 6.03. The van der Waals surface area contributed by atoms with Gasteiger partial charge in [-0.2, -0.15) is 0 Å². The molecule has 0 fully saturated rings. The molecule has 0 radical (unpaired) electrons. The van der Waals surface area contributed by atoms with Crippen LogP contribution in [0.3, 0.4) is 0 Å². The Bertz CT molecular complexity index is 791. The number of rotatable bonds is 6. The van der Waals surface area contributed by atoms with E-state index in [1.807, 2.05) is 42.1 Å². The maximum absolute atomic E-state index is 11.5. The Balaban J connectivity index is 1.74. The number of carbonyl (C=O) groups is 1. The summed E-state index contributed by atoms with van der Waals surface area (Å²) in [6, 6.07) is 6.92. The van der Waals surface area contributed by atoms with E-state index in [9.17, 15) is 9.90 Å². The van der Waals surface area contributed by atoms with E-state index in [0.717, 1.165) is 22.4 Å². The molecule has 22 heavy (non-hydrogen) atoms. The van der Waals surface area contributed by atoms with Crippen LogP contribution in [0.15, 0.2) is 47.3 Å². The molecular formula is C16H17N3O3. The molecule has 6 heteroatoms. The van der Waals surface area contributed by atoms with Gasteiger partial charge < -0.3 is 14.1 Å². The number of imidazole rings is 1. The van der Waals surface area contributed by atoms with Crippen molar-refractivity contribution in [3.8, 4) is 0 Å². The molecule has 2 N–H and O–H groups in total. The van der Waals surface area contributed by atoms with E-state index in [0.29, 0.717) is 13.0 Å². The van der Waals surface area contributed by atoms with Crippen molar-refractivity contribution in [1.82, 2.24) is 14.9 Å². The fourth-order valence-corrected chi connectivity index (χ4v) is 2.44. The van der Waals surface area contributed by atoms with Gasteiger partial charge in [0.15, 0.2) is 0 Å². The third-order valence-electron chi connectivity index (χ3n) is 3.71. The summed E-state index contributed by atoms with van der Waals surface area (Å²) in [6.07, 6.45) is 5.51. The van der Waals surface area contributed by atoms with Crippen LogP contribution in [-0.4, -0.2) is 26.7 Å². The van der Waals surface area contributed by atoms with Crippen molar-refractivity contribution >= 4 is 16.9 Å². The van der Waals surface area contributed by atoms with Gasteiger partial charge in [-0.1, -0.05) is 18.2 Å². The van der Waals surface area contributed by atoms with Crippen LogP contribution in [0.4, 0.5) is 0 Å². The number of fused-ring (bicyclic) bond motifs is 1. The third-order valence-corrected chi connectivity index (χ3v) is 3.71. The highest BCUT2D eigenvalue weighted by atomic mass is 16.4. The molecule has 0 aliphatic carbocycles. The molecule has 0 saturated heterocycles. The van der Waals surface area contributed by atoms with Gasteiger partial charge in [0.1, 0.15) is 17.4 Å². The SMILES string of the molecule is Cn1ccnc1CNC(Cc1coc2ccccc12)C(=O)O. The molecule has 6 nitrogen and oxygen atoms in total. The van der Waals surface area contributed by atoms with Gasteiger partial charge in [-0.05, 0) is 6.07 Å². The first-order valence-electron chi connectivity index (χ1n) is 7.02. The Kier molecular flexibility index (Phi) is 3.93. The zero-order valence-electron chi connectivity index (χ0n) is 12.2. The fraction of sp³-hybridized carbons (Fsp3) is 0.250. The smallest absolute Gasteiger partial charge is 0.321 e. The summed E-state index contributed by atoms with van der Waals surface area (Å²) in [7, 11) is 1.88. The molecule has 114 valence electrons. The van der Waals surface area contributed by atoms with E-state index >= 15 is 0 Å². The van der Waals surface area contributed by atoms with Crippen LogP contribution in [0.2, 0.25) is 0 Å². The second-order valence-electron chi connectivity index (χ2n) is 5.19. The summed E-state index contributed by atoms with van der Waals surface area (Å²) >= 11 is 0. The highest BCUT2D eigenvalue weighted by Crippen LogP contribution is 2.22. The van der Waals surface area contributed by atoms with Gasteiger partial charge in [-0.3, -0.25) is 10.1 Å². The molecule has 3 aromatic rings. The van der Waals surface area contributed by atoms with E-state index in [2.05, 4.69) is 10.3 Å². The van der Waals surface area contributed by atoms with Gasteiger partial charge in [0.2, 0.25) is 0 Å². The summed E-state index contributed by atoms with van der Waals surface area (Å²) in [5.74, 6) is -0.0946. The highest BCUT2D eigenvalue weighted by Gasteiger charge is 2.20. The van der Waals surface area contributed by atoms with E-state index in [1.54, 1.807) is 12.5 Å². The second-order valence-corrected chi connectivity index (χ2v) is 5.19. The Hall–Kier alpha value is -2.60.